The standard InChI is InChI=1S/C12H14N4O3/c13-7-3-10-8(15-12(18)6-19-10)4-9(7)16-2-1-14-11(17)5-16/h3-4H,1-2,5-6,13H2,(H,14,17)(H,15,18). The second kappa shape index (κ2) is 4.34. The summed E-state index contributed by atoms with van der Waals surface area (Å²) in [7, 11) is 0. The van der Waals surface area contributed by atoms with E-state index in [1.54, 1.807) is 12.1 Å². The summed E-state index contributed by atoms with van der Waals surface area (Å²) in [6.07, 6.45) is 0. The highest BCUT2D eigenvalue weighted by atomic mass is 16.5. The van der Waals surface area contributed by atoms with E-state index >= 15 is 0 Å². The number of fused-ring (bicyclic) bond motifs is 1. The molecule has 4 N–H and O–H groups in total. The number of anilines is 3. The van der Waals surface area contributed by atoms with Crippen molar-refractivity contribution >= 4 is 28.9 Å². The van der Waals surface area contributed by atoms with Crippen molar-refractivity contribution < 1.29 is 14.3 Å². The number of hydrogen-bond donors (Lipinski definition) is 3. The molecule has 0 aromatic heterocycles. The fourth-order valence-corrected chi connectivity index (χ4v) is 2.25. The fourth-order valence-electron chi connectivity index (χ4n) is 2.25. The van der Waals surface area contributed by atoms with Crippen LogP contribution in [0.25, 0.3) is 0 Å². The third-order valence-electron chi connectivity index (χ3n) is 3.14. The smallest absolute Gasteiger partial charge is 0.262 e. The number of nitrogen functional groups attached to an aromatic ring is 1. The highest BCUT2D eigenvalue weighted by Gasteiger charge is 2.23. The summed E-state index contributed by atoms with van der Waals surface area (Å²) >= 11 is 0. The van der Waals surface area contributed by atoms with E-state index in [1.807, 2.05) is 4.90 Å². The van der Waals surface area contributed by atoms with Crippen LogP contribution in [-0.4, -0.2) is 38.1 Å². The first-order valence-corrected chi connectivity index (χ1v) is 6.01. The zero-order valence-corrected chi connectivity index (χ0v) is 10.2. The number of nitrogens with two attached hydrogens (primary N) is 1. The Morgan fingerprint density at radius 3 is 2.89 bits per heavy atom. The quantitative estimate of drug-likeness (QED) is 0.595. The molecule has 1 fully saturated rings. The number of rotatable bonds is 1. The van der Waals surface area contributed by atoms with Gasteiger partial charge in [0.1, 0.15) is 5.75 Å². The van der Waals surface area contributed by atoms with Crippen molar-refractivity contribution in [2.75, 3.05) is 42.2 Å². The molecule has 100 valence electrons. The lowest BCUT2D eigenvalue weighted by atomic mass is 10.1. The lowest BCUT2D eigenvalue weighted by Crippen LogP contribution is -2.48. The molecule has 1 aromatic carbocycles. The van der Waals surface area contributed by atoms with Crippen LogP contribution in [0.5, 0.6) is 5.75 Å². The fraction of sp³-hybridized carbons (Fsp3) is 0.333. The summed E-state index contributed by atoms with van der Waals surface area (Å²) in [6.45, 7) is 1.53. The van der Waals surface area contributed by atoms with Crippen LogP contribution >= 0.6 is 0 Å². The SMILES string of the molecule is Nc1cc2c(cc1N1CCNC(=O)C1)NC(=O)CO2. The van der Waals surface area contributed by atoms with Crippen LogP contribution in [0.1, 0.15) is 0 Å². The molecule has 7 nitrogen and oxygen atoms in total. The third-order valence-corrected chi connectivity index (χ3v) is 3.14. The predicted molar refractivity (Wildman–Crippen MR) is 70.2 cm³/mol. The molecule has 1 aromatic rings. The molecule has 0 saturated carbocycles. The summed E-state index contributed by atoms with van der Waals surface area (Å²) in [5.74, 6) is 0.325. The Hall–Kier alpha value is -2.44. The van der Waals surface area contributed by atoms with Crippen LogP contribution in [0.4, 0.5) is 17.1 Å². The van der Waals surface area contributed by atoms with Gasteiger partial charge in [-0.2, -0.15) is 0 Å². The van der Waals surface area contributed by atoms with Crippen LogP contribution in [0, 0.1) is 0 Å². The van der Waals surface area contributed by atoms with Gasteiger partial charge in [-0.3, -0.25) is 9.59 Å². The first-order valence-electron chi connectivity index (χ1n) is 6.01. The molecule has 1 saturated heterocycles. The number of hydrogen-bond acceptors (Lipinski definition) is 5. The molecule has 0 bridgehead atoms. The number of carbonyl (C=O) groups excluding carboxylic acids is 2. The molecule has 0 aliphatic carbocycles. The van der Waals surface area contributed by atoms with Crippen LogP contribution in [0.15, 0.2) is 12.1 Å². The van der Waals surface area contributed by atoms with Gasteiger partial charge in [-0.25, -0.2) is 0 Å². The molecule has 2 aliphatic rings. The molecule has 0 radical (unpaired) electrons. The highest BCUT2D eigenvalue weighted by molar-refractivity contribution is 5.97. The molecule has 2 amide bonds. The van der Waals surface area contributed by atoms with Crippen LogP contribution in [0.2, 0.25) is 0 Å². The largest absolute Gasteiger partial charge is 0.482 e. The van der Waals surface area contributed by atoms with Crippen LogP contribution < -0.4 is 26.0 Å². The molecule has 2 aliphatic heterocycles. The van der Waals surface area contributed by atoms with Gasteiger partial charge in [0.15, 0.2) is 6.61 Å². The Labute approximate surface area is 109 Å². The minimum Gasteiger partial charge on any atom is -0.482 e. The van der Waals surface area contributed by atoms with Gasteiger partial charge in [-0.1, -0.05) is 0 Å². The molecule has 0 unspecified atom stereocenters. The van der Waals surface area contributed by atoms with E-state index in [4.69, 9.17) is 10.5 Å². The zero-order chi connectivity index (χ0) is 13.4. The average Bonchev–Trinajstić information content (AvgIpc) is 2.38. The van der Waals surface area contributed by atoms with E-state index in [0.717, 1.165) is 5.69 Å². The highest BCUT2D eigenvalue weighted by Crippen LogP contribution is 2.37. The average molecular weight is 262 g/mol. The lowest BCUT2D eigenvalue weighted by molar-refractivity contribution is -0.120. The maximum Gasteiger partial charge on any atom is 0.262 e. The molecular formula is C12H14N4O3. The molecule has 7 heteroatoms. The van der Waals surface area contributed by atoms with Crippen molar-refractivity contribution in [3.63, 3.8) is 0 Å². The number of amides is 2. The van der Waals surface area contributed by atoms with Gasteiger partial charge in [0.2, 0.25) is 5.91 Å². The van der Waals surface area contributed by atoms with E-state index in [9.17, 15) is 9.59 Å². The molecule has 19 heavy (non-hydrogen) atoms. The van der Waals surface area contributed by atoms with E-state index in [1.165, 1.54) is 0 Å². The van der Waals surface area contributed by atoms with Crippen molar-refractivity contribution in [2.24, 2.45) is 0 Å². The van der Waals surface area contributed by atoms with Gasteiger partial charge in [-0.15, -0.1) is 0 Å². The third kappa shape index (κ3) is 2.14. The maximum absolute atomic E-state index is 11.4. The molecule has 3 rings (SSSR count). The first kappa shape index (κ1) is 11.6. The number of piperazine rings is 1. The molecular weight excluding hydrogens is 248 g/mol. The second-order valence-corrected chi connectivity index (χ2v) is 4.52. The zero-order valence-electron chi connectivity index (χ0n) is 10.2. The van der Waals surface area contributed by atoms with E-state index in [2.05, 4.69) is 10.6 Å². The van der Waals surface area contributed by atoms with E-state index < -0.39 is 0 Å². The summed E-state index contributed by atoms with van der Waals surface area (Å²) in [4.78, 5) is 24.6. The number of nitrogens with one attached hydrogen (secondary N) is 2. The Kier molecular flexibility index (Phi) is 2.66. The normalized spacial score (nSPS) is 18.2. The van der Waals surface area contributed by atoms with Crippen molar-refractivity contribution in [3.8, 4) is 5.75 Å². The van der Waals surface area contributed by atoms with Gasteiger partial charge in [0.25, 0.3) is 5.91 Å². The Morgan fingerprint density at radius 2 is 2.11 bits per heavy atom. The Balaban J connectivity index is 1.95. The lowest BCUT2D eigenvalue weighted by Gasteiger charge is -2.31. The number of carbonyl (C=O) groups is 2. The van der Waals surface area contributed by atoms with Crippen LogP contribution in [-0.2, 0) is 9.59 Å². The molecule has 0 spiro atoms. The topological polar surface area (TPSA) is 96.7 Å². The van der Waals surface area contributed by atoms with E-state index in [0.29, 0.717) is 30.2 Å². The monoisotopic (exact) mass is 262 g/mol. The Morgan fingerprint density at radius 1 is 1.26 bits per heavy atom. The predicted octanol–water partition coefficient (Wildman–Crippen LogP) is -0.464. The number of ether oxygens (including phenoxy) is 1. The number of nitrogens with zero attached hydrogens (tertiary/aromatic N) is 1. The minimum atomic E-state index is -0.195. The van der Waals surface area contributed by atoms with Gasteiger partial charge < -0.3 is 26.0 Å². The van der Waals surface area contributed by atoms with Crippen molar-refractivity contribution in [1.82, 2.24) is 5.32 Å². The van der Waals surface area contributed by atoms with E-state index in [-0.39, 0.29) is 25.0 Å². The van der Waals surface area contributed by atoms with Gasteiger partial charge in [0, 0.05) is 19.2 Å². The number of benzene rings is 1. The van der Waals surface area contributed by atoms with Crippen LogP contribution in [0.3, 0.4) is 0 Å². The first-order chi connectivity index (χ1) is 9.13. The van der Waals surface area contributed by atoms with Crippen molar-refractivity contribution in [1.29, 1.82) is 0 Å². The summed E-state index contributed by atoms with van der Waals surface area (Å²) in [6, 6.07) is 3.43. The van der Waals surface area contributed by atoms with Crippen molar-refractivity contribution in [2.45, 2.75) is 0 Å². The van der Waals surface area contributed by atoms with Crippen molar-refractivity contribution in [3.05, 3.63) is 12.1 Å². The summed E-state index contributed by atoms with van der Waals surface area (Å²) in [5.41, 5.74) is 7.85. The molecule has 2 heterocycles. The van der Waals surface area contributed by atoms with Gasteiger partial charge in [0.05, 0.1) is 23.6 Å². The maximum atomic E-state index is 11.4. The van der Waals surface area contributed by atoms with Gasteiger partial charge in [-0.05, 0) is 6.07 Å². The summed E-state index contributed by atoms with van der Waals surface area (Å²) < 4.78 is 5.29. The molecule has 0 atom stereocenters. The summed E-state index contributed by atoms with van der Waals surface area (Å²) in [5, 5.41) is 5.49. The minimum absolute atomic E-state index is 0.00208. The van der Waals surface area contributed by atoms with Gasteiger partial charge >= 0.3 is 0 Å². The Bertz CT molecular complexity index is 558. The second-order valence-electron chi connectivity index (χ2n) is 4.52.